The summed E-state index contributed by atoms with van der Waals surface area (Å²) in [6.45, 7) is 15.5. The molecule has 1 heterocycles. The van der Waals surface area contributed by atoms with E-state index in [0.29, 0.717) is 12.3 Å². The Labute approximate surface area is 201 Å². The SMILES string of the molecule is CC(C)c1ccc2c(c1)c(SC(C)(C)C)c(CC(C)(C)C(=O)O)n2CC1=CC=C(Cl)CC1. The molecule has 0 aliphatic heterocycles. The lowest BCUT2D eigenvalue weighted by Crippen LogP contribution is -2.28. The van der Waals surface area contributed by atoms with Crippen LogP contribution in [-0.4, -0.2) is 20.4 Å². The smallest absolute Gasteiger partial charge is 0.309 e. The van der Waals surface area contributed by atoms with E-state index in [9.17, 15) is 9.90 Å². The Kier molecular flexibility index (Phi) is 7.26. The van der Waals surface area contributed by atoms with Crippen LogP contribution in [0.25, 0.3) is 10.9 Å². The second-order valence-corrected chi connectivity index (χ2v) is 13.1. The lowest BCUT2D eigenvalue weighted by molar-refractivity contribution is -0.146. The molecule has 3 nitrogen and oxygen atoms in total. The average Bonchev–Trinajstić information content (AvgIpc) is 2.94. The maximum Gasteiger partial charge on any atom is 0.309 e. The van der Waals surface area contributed by atoms with Gasteiger partial charge in [0.1, 0.15) is 0 Å². The van der Waals surface area contributed by atoms with E-state index in [1.807, 2.05) is 31.7 Å². The van der Waals surface area contributed by atoms with Gasteiger partial charge in [-0.2, -0.15) is 0 Å². The van der Waals surface area contributed by atoms with Crippen LogP contribution in [0, 0.1) is 5.41 Å². The molecule has 1 aliphatic rings. The third-order valence-electron chi connectivity index (χ3n) is 5.95. The van der Waals surface area contributed by atoms with Crippen LogP contribution < -0.4 is 0 Å². The van der Waals surface area contributed by atoms with E-state index < -0.39 is 11.4 Å². The first-order valence-electron chi connectivity index (χ1n) is 11.4. The fourth-order valence-electron chi connectivity index (χ4n) is 4.01. The van der Waals surface area contributed by atoms with Crippen molar-refractivity contribution in [1.29, 1.82) is 0 Å². The van der Waals surface area contributed by atoms with Crippen molar-refractivity contribution >= 4 is 40.2 Å². The van der Waals surface area contributed by atoms with Gasteiger partial charge in [-0.1, -0.05) is 63.9 Å². The summed E-state index contributed by atoms with van der Waals surface area (Å²) in [5, 5.41) is 12.0. The van der Waals surface area contributed by atoms with E-state index in [4.69, 9.17) is 11.6 Å². The van der Waals surface area contributed by atoms with Gasteiger partial charge >= 0.3 is 5.97 Å². The molecule has 1 aliphatic carbocycles. The first kappa shape index (κ1) is 25.0. The molecule has 0 fully saturated rings. The standard InChI is InChI=1S/C27H36ClNO2S/c1-17(2)19-10-13-22-21(14-19)24(32-26(3,4)5)23(15-27(6,7)25(30)31)29(22)16-18-8-11-20(28)12-9-18/h8,10-11,13-14,17H,9,12,15-16H2,1-7H3,(H,30,31). The molecule has 1 aromatic heterocycles. The van der Waals surface area contributed by atoms with E-state index in [1.54, 1.807) is 0 Å². The molecule has 0 unspecified atom stereocenters. The van der Waals surface area contributed by atoms with Crippen LogP contribution in [0.2, 0.25) is 0 Å². The molecule has 174 valence electrons. The molecule has 0 spiro atoms. The van der Waals surface area contributed by atoms with Crippen LogP contribution in [0.15, 0.2) is 45.9 Å². The Bertz CT molecular complexity index is 1080. The predicted octanol–water partition coefficient (Wildman–Crippen LogP) is 8.15. The van der Waals surface area contributed by atoms with Crippen molar-refractivity contribution in [1.82, 2.24) is 4.57 Å². The van der Waals surface area contributed by atoms with Crippen molar-refractivity contribution in [2.45, 2.75) is 89.8 Å². The predicted molar refractivity (Wildman–Crippen MR) is 138 cm³/mol. The summed E-state index contributed by atoms with van der Waals surface area (Å²) in [4.78, 5) is 13.3. The highest BCUT2D eigenvalue weighted by Gasteiger charge is 2.33. The van der Waals surface area contributed by atoms with Crippen LogP contribution in [-0.2, 0) is 17.8 Å². The van der Waals surface area contributed by atoms with Gasteiger partial charge < -0.3 is 9.67 Å². The zero-order valence-corrected chi connectivity index (χ0v) is 22.0. The maximum atomic E-state index is 12.1. The zero-order valence-electron chi connectivity index (χ0n) is 20.4. The van der Waals surface area contributed by atoms with Crippen molar-refractivity contribution in [3.63, 3.8) is 0 Å². The summed E-state index contributed by atoms with van der Waals surface area (Å²) < 4.78 is 2.37. The summed E-state index contributed by atoms with van der Waals surface area (Å²) in [6, 6.07) is 6.75. The van der Waals surface area contributed by atoms with Gasteiger partial charge in [-0.15, -0.1) is 11.8 Å². The first-order chi connectivity index (χ1) is 14.8. The van der Waals surface area contributed by atoms with Crippen LogP contribution >= 0.6 is 23.4 Å². The minimum absolute atomic E-state index is 0.00936. The van der Waals surface area contributed by atoms with Gasteiger partial charge in [-0.25, -0.2) is 0 Å². The van der Waals surface area contributed by atoms with Gasteiger partial charge in [0.25, 0.3) is 0 Å². The summed E-state index contributed by atoms with van der Waals surface area (Å²) in [6.07, 6.45) is 6.40. The second-order valence-electron chi connectivity index (χ2n) is 10.8. The molecule has 2 aromatic rings. The fourth-order valence-corrected chi connectivity index (χ4v) is 5.36. The summed E-state index contributed by atoms with van der Waals surface area (Å²) >= 11 is 8.04. The number of thioether (sulfide) groups is 1. The number of nitrogens with zero attached hydrogens (tertiary/aromatic N) is 1. The molecule has 0 atom stereocenters. The highest BCUT2D eigenvalue weighted by molar-refractivity contribution is 8.00. The van der Waals surface area contributed by atoms with E-state index in [-0.39, 0.29) is 4.75 Å². The number of aromatic nitrogens is 1. The van der Waals surface area contributed by atoms with Crippen molar-refractivity contribution < 1.29 is 9.90 Å². The molecule has 32 heavy (non-hydrogen) atoms. The largest absolute Gasteiger partial charge is 0.481 e. The molecule has 5 heteroatoms. The normalized spacial score (nSPS) is 15.3. The Morgan fingerprint density at radius 2 is 1.84 bits per heavy atom. The van der Waals surface area contributed by atoms with Crippen LogP contribution in [0.4, 0.5) is 0 Å². The second kappa shape index (κ2) is 9.30. The van der Waals surface area contributed by atoms with E-state index in [2.05, 4.69) is 63.5 Å². The minimum Gasteiger partial charge on any atom is -0.481 e. The molecular formula is C27H36ClNO2S. The molecule has 1 aromatic carbocycles. The van der Waals surface area contributed by atoms with Crippen molar-refractivity contribution in [2.75, 3.05) is 0 Å². The lowest BCUT2D eigenvalue weighted by Gasteiger charge is -2.24. The highest BCUT2D eigenvalue weighted by atomic mass is 35.5. The number of fused-ring (bicyclic) bond motifs is 1. The molecule has 0 amide bonds. The zero-order chi connectivity index (χ0) is 23.8. The summed E-state index contributed by atoms with van der Waals surface area (Å²) in [7, 11) is 0. The summed E-state index contributed by atoms with van der Waals surface area (Å²) in [5.41, 5.74) is 4.07. The third kappa shape index (κ3) is 5.63. The number of benzene rings is 1. The van der Waals surface area contributed by atoms with Gasteiger partial charge in [0.2, 0.25) is 0 Å². The molecule has 3 rings (SSSR count). The first-order valence-corrected chi connectivity index (χ1v) is 12.6. The number of rotatable bonds is 7. The highest BCUT2D eigenvalue weighted by Crippen LogP contribution is 2.44. The average molecular weight is 474 g/mol. The van der Waals surface area contributed by atoms with E-state index in [1.165, 1.54) is 26.9 Å². The molecule has 0 radical (unpaired) electrons. The summed E-state index contributed by atoms with van der Waals surface area (Å²) in [5.74, 6) is -0.335. The number of hydrogen-bond donors (Lipinski definition) is 1. The Morgan fingerprint density at radius 3 is 2.38 bits per heavy atom. The van der Waals surface area contributed by atoms with Crippen molar-refractivity contribution in [3.8, 4) is 0 Å². The number of aliphatic carboxylic acids is 1. The number of hydrogen-bond acceptors (Lipinski definition) is 2. The molecule has 0 saturated carbocycles. The molecule has 1 N–H and O–H groups in total. The number of halogens is 1. The number of carbonyl (C=O) groups is 1. The third-order valence-corrected chi connectivity index (χ3v) is 7.54. The Balaban J connectivity index is 2.27. The van der Waals surface area contributed by atoms with Gasteiger partial charge in [-0.3, -0.25) is 4.79 Å². The minimum atomic E-state index is -0.857. The van der Waals surface area contributed by atoms with E-state index in [0.717, 1.165) is 30.1 Å². The van der Waals surface area contributed by atoms with Crippen molar-refractivity contribution in [2.24, 2.45) is 5.41 Å². The maximum absolute atomic E-state index is 12.1. The van der Waals surface area contributed by atoms with Crippen LogP contribution in [0.3, 0.4) is 0 Å². The van der Waals surface area contributed by atoms with Crippen LogP contribution in [0.5, 0.6) is 0 Å². The van der Waals surface area contributed by atoms with Gasteiger partial charge in [-0.05, 0) is 56.4 Å². The number of carboxylic acids is 1. The fraction of sp³-hybridized carbons (Fsp3) is 0.519. The molecule has 0 bridgehead atoms. The topological polar surface area (TPSA) is 42.2 Å². The van der Waals surface area contributed by atoms with E-state index >= 15 is 0 Å². The van der Waals surface area contributed by atoms with Gasteiger partial charge in [0.15, 0.2) is 0 Å². The monoisotopic (exact) mass is 473 g/mol. The Hall–Kier alpha value is -1.65. The van der Waals surface area contributed by atoms with Gasteiger partial charge in [0, 0.05) is 44.2 Å². The number of allylic oxidation sites excluding steroid dienone is 4. The molecular weight excluding hydrogens is 438 g/mol. The van der Waals surface area contributed by atoms with Crippen LogP contribution in [0.1, 0.15) is 78.5 Å². The van der Waals surface area contributed by atoms with Gasteiger partial charge in [0.05, 0.1) is 5.41 Å². The number of carboxylic acid groups (broad SMARTS) is 1. The Morgan fingerprint density at radius 1 is 1.16 bits per heavy atom. The quantitative estimate of drug-likeness (QED) is 0.412. The molecule has 0 saturated heterocycles. The van der Waals surface area contributed by atoms with Crippen molar-refractivity contribution in [3.05, 3.63) is 52.2 Å². The lowest BCUT2D eigenvalue weighted by atomic mass is 9.88.